The summed E-state index contributed by atoms with van der Waals surface area (Å²) in [5.41, 5.74) is 1.72. The molecule has 0 aliphatic rings. The second kappa shape index (κ2) is 7.92. The van der Waals surface area contributed by atoms with Gasteiger partial charge in [-0.15, -0.1) is 11.3 Å². The Morgan fingerprint density at radius 1 is 1.21 bits per heavy atom. The Hall–Kier alpha value is -2.41. The summed E-state index contributed by atoms with van der Waals surface area (Å²) in [5.74, 6) is 0.255. The first-order valence-corrected chi connectivity index (χ1v) is 8.46. The molecule has 0 saturated carbocycles. The molecule has 7 heteroatoms. The SMILES string of the molecule is COc1ccc(-c2csc(NC(=O)[C@H](NC(C)=O)C(C)C)n2)cc1. The Morgan fingerprint density at radius 2 is 1.88 bits per heavy atom. The van der Waals surface area contributed by atoms with E-state index in [1.807, 2.05) is 43.5 Å². The number of carbonyl (C=O) groups is 2. The topological polar surface area (TPSA) is 80.3 Å². The molecule has 1 aromatic carbocycles. The van der Waals surface area contributed by atoms with Gasteiger partial charge in [0.2, 0.25) is 11.8 Å². The lowest BCUT2D eigenvalue weighted by Gasteiger charge is -2.20. The third-order valence-electron chi connectivity index (χ3n) is 3.43. The van der Waals surface area contributed by atoms with Gasteiger partial charge in [-0.25, -0.2) is 4.98 Å². The van der Waals surface area contributed by atoms with Gasteiger partial charge in [-0.05, 0) is 30.2 Å². The van der Waals surface area contributed by atoms with Crippen molar-refractivity contribution in [2.45, 2.75) is 26.8 Å². The summed E-state index contributed by atoms with van der Waals surface area (Å²) in [6, 6.07) is 6.95. The molecule has 0 aliphatic heterocycles. The number of rotatable bonds is 6. The number of thiazole rings is 1. The number of anilines is 1. The molecule has 2 amide bonds. The Morgan fingerprint density at radius 3 is 2.42 bits per heavy atom. The monoisotopic (exact) mass is 347 g/mol. The van der Waals surface area contributed by atoms with Gasteiger partial charge in [0.1, 0.15) is 11.8 Å². The van der Waals surface area contributed by atoms with Gasteiger partial charge in [-0.2, -0.15) is 0 Å². The maximum atomic E-state index is 12.3. The van der Waals surface area contributed by atoms with Gasteiger partial charge < -0.3 is 15.4 Å². The van der Waals surface area contributed by atoms with E-state index in [1.54, 1.807) is 7.11 Å². The third-order valence-corrected chi connectivity index (χ3v) is 4.19. The van der Waals surface area contributed by atoms with Crippen molar-refractivity contribution in [2.75, 3.05) is 12.4 Å². The maximum absolute atomic E-state index is 12.3. The smallest absolute Gasteiger partial charge is 0.248 e. The highest BCUT2D eigenvalue weighted by Crippen LogP contribution is 2.26. The second-order valence-electron chi connectivity index (χ2n) is 5.68. The molecular formula is C17H21N3O3S. The molecule has 0 aliphatic carbocycles. The highest BCUT2D eigenvalue weighted by molar-refractivity contribution is 7.14. The molecule has 1 atom stereocenters. The van der Waals surface area contributed by atoms with Gasteiger partial charge in [0.05, 0.1) is 12.8 Å². The Bertz CT molecular complexity index is 710. The summed E-state index contributed by atoms with van der Waals surface area (Å²) < 4.78 is 5.13. The van der Waals surface area contributed by atoms with E-state index in [0.717, 1.165) is 17.0 Å². The van der Waals surface area contributed by atoms with Crippen LogP contribution in [0.2, 0.25) is 0 Å². The lowest BCUT2D eigenvalue weighted by Crippen LogP contribution is -2.46. The lowest BCUT2D eigenvalue weighted by atomic mass is 10.0. The van der Waals surface area contributed by atoms with Gasteiger partial charge in [0, 0.05) is 17.9 Å². The highest BCUT2D eigenvalue weighted by atomic mass is 32.1. The lowest BCUT2D eigenvalue weighted by molar-refractivity contribution is -0.126. The zero-order valence-electron chi connectivity index (χ0n) is 14.1. The predicted octanol–water partition coefficient (Wildman–Crippen LogP) is 2.92. The fraction of sp³-hybridized carbons (Fsp3) is 0.353. The summed E-state index contributed by atoms with van der Waals surface area (Å²) in [5, 5.41) is 7.81. The van der Waals surface area contributed by atoms with Crippen molar-refractivity contribution >= 4 is 28.3 Å². The van der Waals surface area contributed by atoms with E-state index in [1.165, 1.54) is 18.3 Å². The number of hydrogen-bond acceptors (Lipinski definition) is 5. The van der Waals surface area contributed by atoms with Crippen LogP contribution in [0.25, 0.3) is 11.3 Å². The van der Waals surface area contributed by atoms with Crippen LogP contribution >= 0.6 is 11.3 Å². The zero-order chi connectivity index (χ0) is 17.7. The van der Waals surface area contributed by atoms with Gasteiger partial charge in [0.15, 0.2) is 5.13 Å². The molecular weight excluding hydrogens is 326 g/mol. The number of carbonyl (C=O) groups excluding carboxylic acids is 2. The van der Waals surface area contributed by atoms with Crippen LogP contribution in [0.5, 0.6) is 5.75 Å². The van der Waals surface area contributed by atoms with E-state index in [4.69, 9.17) is 4.74 Å². The molecule has 0 spiro atoms. The van der Waals surface area contributed by atoms with Crippen molar-refractivity contribution in [1.29, 1.82) is 0 Å². The van der Waals surface area contributed by atoms with Crippen LogP contribution in [-0.2, 0) is 9.59 Å². The number of nitrogens with one attached hydrogen (secondary N) is 2. The van der Waals surface area contributed by atoms with Crippen LogP contribution in [0, 0.1) is 5.92 Å². The molecule has 6 nitrogen and oxygen atoms in total. The third kappa shape index (κ3) is 4.55. The van der Waals surface area contributed by atoms with E-state index in [0.29, 0.717) is 5.13 Å². The van der Waals surface area contributed by atoms with Crippen LogP contribution in [0.1, 0.15) is 20.8 Å². The summed E-state index contributed by atoms with van der Waals surface area (Å²) in [6.07, 6.45) is 0. The minimum atomic E-state index is -0.587. The van der Waals surface area contributed by atoms with Crippen molar-refractivity contribution < 1.29 is 14.3 Å². The van der Waals surface area contributed by atoms with Gasteiger partial charge in [-0.1, -0.05) is 13.8 Å². The molecule has 0 saturated heterocycles. The average Bonchev–Trinajstić information content (AvgIpc) is 3.00. The van der Waals surface area contributed by atoms with Gasteiger partial charge >= 0.3 is 0 Å². The maximum Gasteiger partial charge on any atom is 0.248 e. The first kappa shape index (κ1) is 17.9. The first-order valence-electron chi connectivity index (χ1n) is 7.58. The molecule has 2 N–H and O–H groups in total. The molecule has 24 heavy (non-hydrogen) atoms. The molecule has 0 fully saturated rings. The minimum Gasteiger partial charge on any atom is -0.497 e. The number of nitrogens with zero attached hydrogens (tertiary/aromatic N) is 1. The van der Waals surface area contributed by atoms with Crippen molar-refractivity contribution in [2.24, 2.45) is 5.92 Å². The number of methoxy groups -OCH3 is 1. The standard InChI is InChI=1S/C17H21N3O3S/c1-10(2)15(18-11(3)21)16(22)20-17-19-14(9-24-17)12-5-7-13(23-4)8-6-12/h5-10,15H,1-4H3,(H,18,21)(H,19,20,22)/t15-/m1/s1. The van der Waals surface area contributed by atoms with Crippen LogP contribution in [-0.4, -0.2) is 29.9 Å². The van der Waals surface area contributed by atoms with E-state index in [9.17, 15) is 9.59 Å². The van der Waals surface area contributed by atoms with Crippen LogP contribution in [0.3, 0.4) is 0 Å². The molecule has 1 aromatic heterocycles. The normalized spacial score (nSPS) is 11.9. The Labute approximate surface area is 145 Å². The van der Waals surface area contributed by atoms with Gasteiger partial charge in [-0.3, -0.25) is 9.59 Å². The fourth-order valence-corrected chi connectivity index (χ4v) is 2.89. The van der Waals surface area contributed by atoms with Crippen molar-refractivity contribution in [3.8, 4) is 17.0 Å². The number of hydrogen-bond donors (Lipinski definition) is 2. The quantitative estimate of drug-likeness (QED) is 0.842. The Balaban J connectivity index is 2.09. The van der Waals surface area contributed by atoms with Crippen LogP contribution in [0.15, 0.2) is 29.6 Å². The zero-order valence-corrected chi connectivity index (χ0v) is 14.9. The Kier molecular flexibility index (Phi) is 5.92. The largest absolute Gasteiger partial charge is 0.497 e. The molecule has 128 valence electrons. The average molecular weight is 347 g/mol. The number of aromatic nitrogens is 1. The molecule has 1 heterocycles. The fourth-order valence-electron chi connectivity index (χ4n) is 2.16. The van der Waals surface area contributed by atoms with Crippen molar-refractivity contribution in [3.05, 3.63) is 29.6 Å². The van der Waals surface area contributed by atoms with E-state index in [2.05, 4.69) is 15.6 Å². The number of ether oxygens (including phenoxy) is 1. The molecule has 2 rings (SSSR count). The van der Waals surface area contributed by atoms with E-state index in [-0.39, 0.29) is 17.7 Å². The molecule has 0 bridgehead atoms. The summed E-state index contributed by atoms with van der Waals surface area (Å²) in [6.45, 7) is 5.16. The van der Waals surface area contributed by atoms with E-state index < -0.39 is 6.04 Å². The van der Waals surface area contributed by atoms with E-state index >= 15 is 0 Å². The molecule has 2 aromatic rings. The summed E-state index contributed by atoms with van der Waals surface area (Å²) in [7, 11) is 1.62. The first-order chi connectivity index (χ1) is 11.4. The number of benzene rings is 1. The van der Waals surface area contributed by atoms with Crippen molar-refractivity contribution in [1.82, 2.24) is 10.3 Å². The highest BCUT2D eigenvalue weighted by Gasteiger charge is 2.23. The number of amides is 2. The minimum absolute atomic E-state index is 0.0186. The van der Waals surface area contributed by atoms with Crippen LogP contribution in [0.4, 0.5) is 5.13 Å². The van der Waals surface area contributed by atoms with Crippen LogP contribution < -0.4 is 15.4 Å². The molecule has 0 unspecified atom stereocenters. The second-order valence-corrected chi connectivity index (χ2v) is 6.54. The summed E-state index contributed by atoms with van der Waals surface area (Å²) >= 11 is 1.34. The van der Waals surface area contributed by atoms with Gasteiger partial charge in [0.25, 0.3) is 0 Å². The molecule has 0 radical (unpaired) electrons. The predicted molar refractivity (Wildman–Crippen MR) is 95.2 cm³/mol. The van der Waals surface area contributed by atoms with Crippen molar-refractivity contribution in [3.63, 3.8) is 0 Å². The summed E-state index contributed by atoms with van der Waals surface area (Å²) in [4.78, 5) is 28.0.